The molecule has 0 radical (unpaired) electrons. The average molecular weight is 250 g/mol. The van der Waals surface area contributed by atoms with Gasteiger partial charge in [0.2, 0.25) is 0 Å². The summed E-state index contributed by atoms with van der Waals surface area (Å²) in [4.78, 5) is 2.02. The van der Waals surface area contributed by atoms with Crippen LogP contribution in [0.2, 0.25) is 0 Å². The second kappa shape index (κ2) is 5.91. The molecule has 1 aromatic rings. The molecule has 1 aromatic carbocycles. The van der Waals surface area contributed by atoms with Crippen LogP contribution >= 0.6 is 0 Å². The van der Waals surface area contributed by atoms with Gasteiger partial charge in [-0.05, 0) is 18.2 Å². The van der Waals surface area contributed by atoms with Gasteiger partial charge in [0, 0.05) is 25.2 Å². The van der Waals surface area contributed by atoms with Gasteiger partial charge in [-0.3, -0.25) is 4.90 Å². The fourth-order valence-electron chi connectivity index (χ4n) is 2.04. The number of morpholine rings is 1. The lowest BCUT2D eigenvalue weighted by Gasteiger charge is -2.32. The summed E-state index contributed by atoms with van der Waals surface area (Å²) in [6, 6.07) is 6.35. The molecule has 1 atom stereocenters. The SMILES string of the molecule is N#Cc1ccc(F)c(CN2CCOC(CO)C2)c1. The third-order valence-corrected chi connectivity index (χ3v) is 3.00. The number of rotatable bonds is 3. The highest BCUT2D eigenvalue weighted by Gasteiger charge is 2.20. The molecule has 1 aliphatic rings. The van der Waals surface area contributed by atoms with Gasteiger partial charge in [0.1, 0.15) is 5.82 Å². The summed E-state index contributed by atoms with van der Waals surface area (Å²) in [6.07, 6.45) is -0.207. The Morgan fingerprint density at radius 3 is 3.11 bits per heavy atom. The zero-order valence-corrected chi connectivity index (χ0v) is 9.97. The summed E-state index contributed by atoms with van der Waals surface area (Å²) in [7, 11) is 0. The Balaban J connectivity index is 2.07. The second-order valence-corrected chi connectivity index (χ2v) is 4.33. The molecular formula is C13H15FN2O2. The minimum absolute atomic E-state index is 0.0305. The summed E-state index contributed by atoms with van der Waals surface area (Å²) in [5.74, 6) is -0.305. The van der Waals surface area contributed by atoms with Crippen molar-refractivity contribution in [3.63, 3.8) is 0 Å². The molecule has 1 fully saturated rings. The number of aliphatic hydroxyl groups is 1. The largest absolute Gasteiger partial charge is 0.394 e. The maximum Gasteiger partial charge on any atom is 0.127 e. The predicted octanol–water partition coefficient (Wildman–Crippen LogP) is 0.890. The van der Waals surface area contributed by atoms with Crippen molar-refractivity contribution in [2.24, 2.45) is 0 Å². The summed E-state index contributed by atoms with van der Waals surface area (Å²) >= 11 is 0. The van der Waals surface area contributed by atoms with E-state index in [1.54, 1.807) is 6.07 Å². The number of nitrogens with zero attached hydrogens (tertiary/aromatic N) is 2. The molecule has 0 spiro atoms. The Kier molecular flexibility index (Phi) is 4.26. The van der Waals surface area contributed by atoms with Crippen molar-refractivity contribution in [2.75, 3.05) is 26.3 Å². The average Bonchev–Trinajstić information content (AvgIpc) is 2.41. The van der Waals surface area contributed by atoms with E-state index in [-0.39, 0.29) is 18.5 Å². The van der Waals surface area contributed by atoms with Crippen molar-refractivity contribution in [1.82, 2.24) is 4.90 Å². The van der Waals surface area contributed by atoms with Crippen LogP contribution < -0.4 is 0 Å². The van der Waals surface area contributed by atoms with Crippen LogP contribution in [0.4, 0.5) is 4.39 Å². The van der Waals surface area contributed by atoms with E-state index in [2.05, 4.69) is 0 Å². The normalized spacial score (nSPS) is 20.6. The van der Waals surface area contributed by atoms with Gasteiger partial charge >= 0.3 is 0 Å². The Labute approximate surface area is 105 Å². The quantitative estimate of drug-likeness (QED) is 0.865. The third-order valence-electron chi connectivity index (χ3n) is 3.00. The van der Waals surface area contributed by atoms with Gasteiger partial charge in [0.05, 0.1) is 31.0 Å². The summed E-state index contributed by atoms with van der Waals surface area (Å²) in [6.45, 7) is 2.21. The van der Waals surface area contributed by atoms with Crippen molar-refractivity contribution in [1.29, 1.82) is 5.26 Å². The monoisotopic (exact) mass is 250 g/mol. The van der Waals surface area contributed by atoms with Crippen molar-refractivity contribution in [3.8, 4) is 6.07 Å². The van der Waals surface area contributed by atoms with Crippen LogP contribution in [0, 0.1) is 17.1 Å². The van der Waals surface area contributed by atoms with E-state index in [1.807, 2.05) is 11.0 Å². The van der Waals surface area contributed by atoms with Crippen LogP contribution in [0.3, 0.4) is 0 Å². The molecule has 4 nitrogen and oxygen atoms in total. The molecule has 1 N–H and O–H groups in total. The molecule has 5 heteroatoms. The zero-order valence-electron chi connectivity index (χ0n) is 9.97. The lowest BCUT2D eigenvalue weighted by molar-refractivity contribution is -0.0553. The van der Waals surface area contributed by atoms with Crippen LogP contribution in [-0.2, 0) is 11.3 Å². The molecule has 0 bridgehead atoms. The first kappa shape index (κ1) is 13.0. The summed E-state index contributed by atoms with van der Waals surface area (Å²) < 4.78 is 19.0. The molecule has 1 unspecified atom stereocenters. The molecule has 2 rings (SSSR count). The van der Waals surface area contributed by atoms with Crippen LogP contribution in [0.15, 0.2) is 18.2 Å². The van der Waals surface area contributed by atoms with Crippen molar-refractivity contribution in [3.05, 3.63) is 35.1 Å². The van der Waals surface area contributed by atoms with Gasteiger partial charge in [0.15, 0.2) is 0 Å². The van der Waals surface area contributed by atoms with Gasteiger partial charge in [-0.15, -0.1) is 0 Å². The second-order valence-electron chi connectivity index (χ2n) is 4.33. The van der Waals surface area contributed by atoms with Crippen molar-refractivity contribution in [2.45, 2.75) is 12.6 Å². The highest BCUT2D eigenvalue weighted by Crippen LogP contribution is 2.15. The summed E-state index contributed by atoms with van der Waals surface area (Å²) in [5.41, 5.74) is 0.964. The van der Waals surface area contributed by atoms with Gasteiger partial charge in [-0.2, -0.15) is 5.26 Å². The Morgan fingerprint density at radius 1 is 1.56 bits per heavy atom. The Hall–Kier alpha value is -1.48. The number of hydrogen-bond donors (Lipinski definition) is 1. The standard InChI is InChI=1S/C13H15FN2O2/c14-13-2-1-10(6-15)5-11(13)7-16-3-4-18-12(8-16)9-17/h1-2,5,12,17H,3-4,7-9H2. The van der Waals surface area contributed by atoms with Crippen LogP contribution in [0.1, 0.15) is 11.1 Å². The van der Waals surface area contributed by atoms with E-state index in [9.17, 15) is 4.39 Å². The van der Waals surface area contributed by atoms with E-state index >= 15 is 0 Å². The minimum atomic E-state index is -0.305. The zero-order chi connectivity index (χ0) is 13.0. The van der Waals surface area contributed by atoms with Gasteiger partial charge < -0.3 is 9.84 Å². The number of benzene rings is 1. The predicted molar refractivity (Wildman–Crippen MR) is 63.2 cm³/mol. The lowest BCUT2D eigenvalue weighted by atomic mass is 10.1. The Bertz CT molecular complexity index is 459. The maximum absolute atomic E-state index is 13.6. The fraction of sp³-hybridized carbons (Fsp3) is 0.462. The molecule has 0 saturated carbocycles. The van der Waals surface area contributed by atoms with E-state index < -0.39 is 0 Å². The van der Waals surface area contributed by atoms with E-state index in [0.29, 0.717) is 37.4 Å². The number of aliphatic hydroxyl groups excluding tert-OH is 1. The topological polar surface area (TPSA) is 56.5 Å². The first-order chi connectivity index (χ1) is 8.72. The lowest BCUT2D eigenvalue weighted by Crippen LogP contribution is -2.43. The molecule has 18 heavy (non-hydrogen) atoms. The molecule has 96 valence electrons. The highest BCUT2D eigenvalue weighted by atomic mass is 19.1. The molecule has 0 amide bonds. The molecule has 1 heterocycles. The van der Waals surface area contributed by atoms with Crippen LogP contribution in [-0.4, -0.2) is 42.4 Å². The van der Waals surface area contributed by atoms with Crippen molar-refractivity contribution >= 4 is 0 Å². The molecule has 0 aliphatic carbocycles. The van der Waals surface area contributed by atoms with Crippen LogP contribution in [0.5, 0.6) is 0 Å². The minimum Gasteiger partial charge on any atom is -0.394 e. The number of hydrogen-bond acceptors (Lipinski definition) is 4. The van der Waals surface area contributed by atoms with Gasteiger partial charge in [-0.25, -0.2) is 4.39 Å². The number of nitriles is 1. The van der Waals surface area contributed by atoms with E-state index in [1.165, 1.54) is 12.1 Å². The maximum atomic E-state index is 13.6. The highest BCUT2D eigenvalue weighted by molar-refractivity contribution is 5.33. The van der Waals surface area contributed by atoms with E-state index in [0.717, 1.165) is 0 Å². The molecule has 1 saturated heterocycles. The van der Waals surface area contributed by atoms with E-state index in [4.69, 9.17) is 15.1 Å². The van der Waals surface area contributed by atoms with Crippen molar-refractivity contribution < 1.29 is 14.2 Å². The first-order valence-electron chi connectivity index (χ1n) is 5.86. The fourth-order valence-corrected chi connectivity index (χ4v) is 2.04. The molecule has 0 aromatic heterocycles. The number of ether oxygens (including phenoxy) is 1. The van der Waals surface area contributed by atoms with Crippen LogP contribution in [0.25, 0.3) is 0 Å². The summed E-state index contributed by atoms with van der Waals surface area (Å²) in [5, 5.41) is 17.8. The molecular weight excluding hydrogens is 235 g/mol. The van der Waals surface area contributed by atoms with Gasteiger partial charge in [0.25, 0.3) is 0 Å². The number of halogens is 1. The Morgan fingerprint density at radius 2 is 2.39 bits per heavy atom. The smallest absolute Gasteiger partial charge is 0.127 e. The molecule has 1 aliphatic heterocycles. The first-order valence-corrected chi connectivity index (χ1v) is 5.86. The third kappa shape index (κ3) is 3.05. The van der Waals surface area contributed by atoms with Gasteiger partial charge in [-0.1, -0.05) is 0 Å².